The van der Waals surface area contributed by atoms with Crippen molar-refractivity contribution in [3.63, 3.8) is 0 Å². The zero-order valence-electron chi connectivity index (χ0n) is 37.5. The Balaban J connectivity index is 0.000000206. The number of carboxylic acids is 1. The number of carboxylic acid groups (broad SMARTS) is 1. The van der Waals surface area contributed by atoms with Gasteiger partial charge >= 0.3 is 5.97 Å². The number of nitrogens with one attached hydrogen (secondary N) is 5. The minimum atomic E-state index is -1.16. The molecule has 4 aromatic carbocycles. The van der Waals surface area contributed by atoms with Gasteiger partial charge in [0.25, 0.3) is 27.6 Å². The first-order valence-electron chi connectivity index (χ1n) is 21.7. The van der Waals surface area contributed by atoms with Crippen LogP contribution in [0.25, 0.3) is 0 Å². The normalized spacial score (nSPS) is 15.1. The standard InChI is InChI=1S/C28H32N4O6.C20H20N2O6/c1-4-18(20-9-8-16(2)38-20)30-21-22(24(34)23(21)33)31-19-7-5-6-17(25(19)37-3)26(35)32-14-11-28(12-15-32)10-13-29-27(28)36;1-4-12(14-9-8-10(2)28-14)21-15-16(18(24)17(15)23)22-13-7-5-6-11(20(25)26)19(13)27-3/h5-9,18,30-31H,4,10-15H2,1-3H3,(H,29,36);5-9,12,21-22H,4H2,1-3H3,(H,25,26)/t18-;12-/m11/s1. The van der Waals surface area contributed by atoms with Gasteiger partial charge in [0.15, 0.2) is 11.5 Å². The lowest BCUT2D eigenvalue weighted by atomic mass is 9.77. The SMILES string of the molecule is CC[C@@H](Nc1c(Nc2cccc(C(=O)N3CCC4(CCNC4=O)CC3)c2OC)c(=O)c1=O)c1ccc(C)o1.CC[C@@H](Nc1c(Nc2cccc(C(=O)O)c2OC)c(=O)c1=O)c1ccc(C)o1. The van der Waals surface area contributed by atoms with Crippen LogP contribution in [0, 0.1) is 19.3 Å². The topological polar surface area (TPSA) is 248 Å². The Morgan fingerprint density at radius 1 is 0.682 bits per heavy atom. The van der Waals surface area contributed by atoms with Crippen LogP contribution in [-0.2, 0) is 4.79 Å². The molecule has 0 aliphatic carbocycles. The van der Waals surface area contributed by atoms with E-state index in [4.69, 9.17) is 18.3 Å². The Labute approximate surface area is 378 Å². The van der Waals surface area contributed by atoms with Crippen molar-refractivity contribution in [1.29, 1.82) is 0 Å². The van der Waals surface area contributed by atoms with Crippen molar-refractivity contribution in [3.05, 3.63) is 136 Å². The number of ether oxygens (including phenoxy) is 2. The lowest BCUT2D eigenvalue weighted by Crippen LogP contribution is -2.46. The molecule has 4 heterocycles. The van der Waals surface area contributed by atoms with Gasteiger partial charge in [-0.15, -0.1) is 0 Å². The van der Waals surface area contributed by atoms with Crippen LogP contribution in [0.2, 0.25) is 0 Å². The van der Waals surface area contributed by atoms with Gasteiger partial charge in [-0.05, 0) is 94.5 Å². The molecule has 18 heteroatoms. The number of benzene rings is 2. The maximum absolute atomic E-state index is 13.5. The van der Waals surface area contributed by atoms with E-state index < -0.39 is 27.7 Å². The lowest BCUT2D eigenvalue weighted by molar-refractivity contribution is -0.129. The molecule has 2 amide bonds. The zero-order valence-corrected chi connectivity index (χ0v) is 37.5. The van der Waals surface area contributed by atoms with Crippen LogP contribution < -0.4 is 57.8 Å². The Kier molecular flexibility index (Phi) is 13.5. The van der Waals surface area contributed by atoms with Gasteiger partial charge in [-0.3, -0.25) is 28.8 Å². The molecule has 2 saturated heterocycles. The molecular weight excluding hydrogens is 853 g/mol. The van der Waals surface area contributed by atoms with Crippen molar-refractivity contribution in [2.45, 2.75) is 71.9 Å². The van der Waals surface area contributed by atoms with Gasteiger partial charge in [-0.25, -0.2) is 4.79 Å². The van der Waals surface area contributed by atoms with Gasteiger partial charge in [-0.1, -0.05) is 26.0 Å². The van der Waals surface area contributed by atoms with Crippen molar-refractivity contribution in [3.8, 4) is 11.5 Å². The molecule has 6 N–H and O–H groups in total. The minimum Gasteiger partial charge on any atom is -0.494 e. The first-order valence-corrected chi connectivity index (χ1v) is 21.7. The number of furan rings is 2. The van der Waals surface area contributed by atoms with Gasteiger partial charge in [0.05, 0.1) is 48.7 Å². The van der Waals surface area contributed by atoms with Crippen LogP contribution in [0.3, 0.4) is 0 Å². The Morgan fingerprint density at radius 3 is 1.53 bits per heavy atom. The summed E-state index contributed by atoms with van der Waals surface area (Å²) in [5.41, 5.74) is -1.51. The van der Waals surface area contributed by atoms with E-state index in [1.165, 1.54) is 26.4 Å². The Hall–Kier alpha value is -7.63. The molecule has 2 aliphatic rings. The van der Waals surface area contributed by atoms with Crippen molar-refractivity contribution < 1.29 is 37.8 Å². The molecule has 2 aromatic heterocycles. The second-order valence-electron chi connectivity index (χ2n) is 16.3. The lowest BCUT2D eigenvalue weighted by Gasteiger charge is -2.37. The number of anilines is 6. The molecule has 2 aliphatic heterocycles. The molecule has 2 fully saturated rings. The first kappa shape index (κ1) is 46.4. The quantitative estimate of drug-likeness (QED) is 0.0572. The molecule has 1 spiro atoms. The summed E-state index contributed by atoms with van der Waals surface area (Å²) >= 11 is 0. The number of carbonyl (C=O) groups is 3. The fraction of sp³-hybridized carbons (Fsp3) is 0.354. The summed E-state index contributed by atoms with van der Waals surface area (Å²) in [6.45, 7) is 9.17. The average Bonchev–Trinajstić information content (AvgIpc) is 4.07. The van der Waals surface area contributed by atoms with Crippen LogP contribution in [0.15, 0.2) is 88.7 Å². The van der Waals surface area contributed by atoms with Crippen molar-refractivity contribution >= 4 is 51.9 Å². The third-order valence-electron chi connectivity index (χ3n) is 12.3. The molecular formula is C48H52N6O12. The second-order valence-corrected chi connectivity index (χ2v) is 16.3. The highest BCUT2D eigenvalue weighted by atomic mass is 16.5. The molecule has 6 aromatic rings. The minimum absolute atomic E-state index is 0.0572. The van der Waals surface area contributed by atoms with Crippen LogP contribution >= 0.6 is 0 Å². The molecule has 66 heavy (non-hydrogen) atoms. The van der Waals surface area contributed by atoms with Gasteiger partial charge in [-0.2, -0.15) is 0 Å². The number of nitrogens with zero attached hydrogens (tertiary/aromatic N) is 1. The van der Waals surface area contributed by atoms with Gasteiger partial charge in [0.2, 0.25) is 5.91 Å². The van der Waals surface area contributed by atoms with Crippen LogP contribution in [0.4, 0.5) is 34.1 Å². The zero-order chi connectivity index (χ0) is 47.4. The van der Waals surface area contributed by atoms with E-state index in [0.29, 0.717) is 68.1 Å². The number of para-hydroxylation sites is 2. The largest absolute Gasteiger partial charge is 0.494 e. The molecule has 0 unspecified atom stereocenters. The highest BCUT2D eigenvalue weighted by Crippen LogP contribution is 2.40. The Morgan fingerprint density at radius 2 is 1.14 bits per heavy atom. The Bertz CT molecular complexity index is 2920. The van der Waals surface area contributed by atoms with Gasteiger partial charge in [0, 0.05) is 19.6 Å². The van der Waals surface area contributed by atoms with Crippen molar-refractivity contribution in [2.75, 3.05) is 55.1 Å². The predicted octanol–water partition coefficient (Wildman–Crippen LogP) is 6.44. The van der Waals surface area contributed by atoms with E-state index in [2.05, 4.69) is 26.6 Å². The van der Waals surface area contributed by atoms with Crippen molar-refractivity contribution in [2.24, 2.45) is 5.41 Å². The first-order chi connectivity index (χ1) is 31.6. The third kappa shape index (κ3) is 8.90. The number of likely N-dealkylation sites (tertiary alicyclic amines) is 1. The summed E-state index contributed by atoms with van der Waals surface area (Å²) in [6, 6.07) is 16.3. The van der Waals surface area contributed by atoms with E-state index in [-0.39, 0.29) is 74.8 Å². The van der Waals surface area contributed by atoms with E-state index in [1.807, 2.05) is 52.0 Å². The molecule has 8 rings (SSSR count). The van der Waals surface area contributed by atoms with E-state index in [9.17, 15) is 38.7 Å². The highest BCUT2D eigenvalue weighted by Gasteiger charge is 2.45. The number of hydrogen-bond acceptors (Lipinski definition) is 15. The second kappa shape index (κ2) is 19.2. The monoisotopic (exact) mass is 904 g/mol. The average molecular weight is 905 g/mol. The van der Waals surface area contributed by atoms with Gasteiger partial charge < -0.3 is 54.9 Å². The molecule has 18 nitrogen and oxygen atoms in total. The number of piperidine rings is 1. The summed E-state index contributed by atoms with van der Waals surface area (Å²) in [5.74, 6) is 1.89. The molecule has 346 valence electrons. The summed E-state index contributed by atoms with van der Waals surface area (Å²) in [4.78, 5) is 88.1. The summed E-state index contributed by atoms with van der Waals surface area (Å²) in [5, 5.41) is 24.3. The number of hydrogen-bond donors (Lipinski definition) is 6. The van der Waals surface area contributed by atoms with Crippen LogP contribution in [-0.4, -0.2) is 61.6 Å². The summed E-state index contributed by atoms with van der Waals surface area (Å²) in [7, 11) is 2.79. The fourth-order valence-corrected chi connectivity index (χ4v) is 8.49. The predicted molar refractivity (Wildman–Crippen MR) is 248 cm³/mol. The van der Waals surface area contributed by atoms with E-state index in [0.717, 1.165) is 17.9 Å². The molecule has 0 bridgehead atoms. The number of rotatable bonds is 16. The van der Waals surface area contributed by atoms with Gasteiger partial charge in [0.1, 0.15) is 51.4 Å². The number of amides is 2. The molecule has 0 saturated carbocycles. The maximum Gasteiger partial charge on any atom is 0.339 e. The number of aromatic carboxylic acids is 1. The summed E-state index contributed by atoms with van der Waals surface area (Å²) in [6.07, 6.45) is 3.31. The van der Waals surface area contributed by atoms with Crippen molar-refractivity contribution in [1.82, 2.24) is 10.2 Å². The van der Waals surface area contributed by atoms with E-state index in [1.54, 1.807) is 29.2 Å². The third-order valence-corrected chi connectivity index (χ3v) is 12.3. The molecule has 0 radical (unpaired) electrons. The number of aryl methyl sites for hydroxylation is 2. The smallest absolute Gasteiger partial charge is 0.339 e. The van der Waals surface area contributed by atoms with Crippen LogP contribution in [0.1, 0.15) is 102 Å². The fourth-order valence-electron chi connectivity index (χ4n) is 8.49. The van der Waals surface area contributed by atoms with E-state index >= 15 is 0 Å². The summed E-state index contributed by atoms with van der Waals surface area (Å²) < 4.78 is 22.1. The number of methoxy groups -OCH3 is 2. The highest BCUT2D eigenvalue weighted by molar-refractivity contribution is 6.00. The molecule has 2 atom stereocenters. The van der Waals surface area contributed by atoms with Crippen LogP contribution in [0.5, 0.6) is 11.5 Å². The number of carbonyl (C=O) groups excluding carboxylic acids is 2. The maximum atomic E-state index is 13.5.